The fourth-order valence-electron chi connectivity index (χ4n) is 2.36. The zero-order chi connectivity index (χ0) is 27.2. The van der Waals surface area contributed by atoms with Crippen LogP contribution in [-0.2, 0) is 9.47 Å². The van der Waals surface area contributed by atoms with E-state index in [0.29, 0.717) is 13.2 Å². The molecule has 1 aromatic rings. The maximum Gasteiger partial charge on any atom is 0.460 e. The number of halogens is 16. The number of ether oxygens (including phenoxy) is 2. The first-order valence-electron chi connectivity index (χ1n) is 8.15. The molecule has 0 aliphatic heterocycles. The van der Waals surface area contributed by atoms with Crippen LogP contribution in [0.5, 0.6) is 0 Å². The average Bonchev–Trinajstić information content (AvgIpc) is 2.67. The van der Waals surface area contributed by atoms with Gasteiger partial charge in [0.1, 0.15) is 6.79 Å². The van der Waals surface area contributed by atoms with Crippen molar-refractivity contribution in [2.24, 2.45) is 0 Å². The average molecular weight is 599 g/mol. The Morgan fingerprint density at radius 2 is 1.09 bits per heavy atom. The van der Waals surface area contributed by atoms with Gasteiger partial charge in [0.15, 0.2) is 6.10 Å². The number of benzene rings is 1. The van der Waals surface area contributed by atoms with Gasteiger partial charge in [-0.25, -0.2) is 0 Å². The van der Waals surface area contributed by atoms with Crippen molar-refractivity contribution in [1.82, 2.24) is 0 Å². The molecule has 18 heteroatoms. The highest BCUT2D eigenvalue weighted by atomic mass is 79.9. The van der Waals surface area contributed by atoms with E-state index in [0.717, 1.165) is 18.2 Å². The van der Waals surface area contributed by atoms with Gasteiger partial charge in [-0.15, -0.1) is 0 Å². The van der Waals surface area contributed by atoms with Gasteiger partial charge in [0.25, 0.3) is 0 Å². The molecule has 0 bridgehead atoms. The minimum Gasteiger partial charge on any atom is -0.359 e. The zero-order valence-corrected chi connectivity index (χ0v) is 17.5. The highest BCUT2D eigenvalue weighted by Gasteiger charge is 2.93. The Kier molecular flexibility index (Phi) is 8.30. The minimum atomic E-state index is -8.37. The van der Waals surface area contributed by atoms with Crippen molar-refractivity contribution in [2.45, 2.75) is 47.8 Å². The van der Waals surface area contributed by atoms with Crippen LogP contribution in [0.25, 0.3) is 0 Å². The molecule has 34 heavy (non-hydrogen) atoms. The lowest BCUT2D eigenvalue weighted by atomic mass is 9.87. The summed E-state index contributed by atoms with van der Waals surface area (Å²) < 4.78 is 209. The Morgan fingerprint density at radius 1 is 0.676 bits per heavy atom. The molecule has 0 aromatic heterocycles. The van der Waals surface area contributed by atoms with E-state index in [1.54, 1.807) is 0 Å². The van der Waals surface area contributed by atoms with E-state index in [1.807, 2.05) is 0 Å². The first-order valence-corrected chi connectivity index (χ1v) is 8.94. The molecule has 0 aliphatic rings. The number of hydrogen-bond acceptors (Lipinski definition) is 2. The molecule has 0 unspecified atom stereocenters. The third kappa shape index (κ3) is 4.44. The molecule has 0 heterocycles. The van der Waals surface area contributed by atoms with Crippen LogP contribution in [0.15, 0.2) is 28.7 Å². The van der Waals surface area contributed by atoms with Gasteiger partial charge in [-0.2, -0.15) is 65.9 Å². The highest BCUT2D eigenvalue weighted by molar-refractivity contribution is 9.10. The van der Waals surface area contributed by atoms with E-state index in [1.165, 1.54) is 0 Å². The van der Waals surface area contributed by atoms with Gasteiger partial charge >= 0.3 is 41.7 Å². The standard InChI is InChI=1S/C16H10BrF15O2/c1-33-6-34-9(7-4-2-3-5-8(7)17)10(18,19)11(20,21)12(22,23)13(24,25)14(26,27)15(28,29)16(30,31)32/h2-5,9H,6H2,1H3/t9-/m0/s1. The van der Waals surface area contributed by atoms with Gasteiger partial charge < -0.3 is 9.47 Å². The first kappa shape index (κ1) is 30.6. The summed E-state index contributed by atoms with van der Waals surface area (Å²) >= 11 is 2.54. The molecule has 0 saturated carbocycles. The van der Waals surface area contributed by atoms with E-state index < -0.39 is 64.6 Å². The van der Waals surface area contributed by atoms with Gasteiger partial charge in [0.2, 0.25) is 0 Å². The van der Waals surface area contributed by atoms with Crippen LogP contribution in [0.3, 0.4) is 0 Å². The summed E-state index contributed by atoms with van der Waals surface area (Å²) in [6.45, 7) is -1.40. The molecule has 0 spiro atoms. The highest BCUT2D eigenvalue weighted by Crippen LogP contribution is 2.64. The largest absolute Gasteiger partial charge is 0.460 e. The Balaban J connectivity index is 3.74. The lowest BCUT2D eigenvalue weighted by Gasteiger charge is -2.43. The van der Waals surface area contributed by atoms with E-state index >= 15 is 0 Å². The van der Waals surface area contributed by atoms with Crippen LogP contribution in [0.1, 0.15) is 11.7 Å². The maximum atomic E-state index is 14.6. The van der Waals surface area contributed by atoms with Gasteiger partial charge in [-0.1, -0.05) is 34.1 Å². The Labute approximate surface area is 188 Å². The van der Waals surface area contributed by atoms with Crippen molar-refractivity contribution < 1.29 is 75.3 Å². The summed E-state index contributed by atoms with van der Waals surface area (Å²) in [6, 6.07) is 3.26. The lowest BCUT2D eigenvalue weighted by molar-refractivity contribution is -0.457. The molecule has 0 saturated heterocycles. The third-order valence-corrected chi connectivity index (χ3v) is 4.94. The second-order valence-electron chi connectivity index (χ2n) is 6.47. The van der Waals surface area contributed by atoms with Crippen LogP contribution in [0.4, 0.5) is 65.9 Å². The summed E-state index contributed by atoms with van der Waals surface area (Å²) in [5.41, 5.74) is -1.16. The summed E-state index contributed by atoms with van der Waals surface area (Å²) in [6.07, 6.45) is -11.3. The molecular weight excluding hydrogens is 589 g/mol. The molecule has 1 atom stereocenters. The van der Waals surface area contributed by atoms with Crippen molar-refractivity contribution in [3.05, 3.63) is 34.3 Å². The van der Waals surface area contributed by atoms with Crippen molar-refractivity contribution in [3.63, 3.8) is 0 Å². The molecule has 2 nitrogen and oxygen atoms in total. The summed E-state index contributed by atoms with van der Waals surface area (Å²) in [4.78, 5) is 0. The maximum absolute atomic E-state index is 14.6. The van der Waals surface area contributed by atoms with E-state index in [2.05, 4.69) is 25.4 Å². The molecule has 1 aromatic carbocycles. The predicted octanol–water partition coefficient (Wildman–Crippen LogP) is 7.48. The van der Waals surface area contributed by atoms with Gasteiger partial charge in [-0.3, -0.25) is 0 Å². The molecular formula is C16H10BrF15O2. The number of hydrogen-bond donors (Lipinski definition) is 0. The van der Waals surface area contributed by atoms with Crippen LogP contribution in [0, 0.1) is 0 Å². The topological polar surface area (TPSA) is 18.5 Å². The van der Waals surface area contributed by atoms with Crippen molar-refractivity contribution in [1.29, 1.82) is 0 Å². The number of methoxy groups -OCH3 is 1. The smallest absolute Gasteiger partial charge is 0.359 e. The van der Waals surface area contributed by atoms with Crippen molar-refractivity contribution in [2.75, 3.05) is 13.9 Å². The number of rotatable bonds is 10. The van der Waals surface area contributed by atoms with Crippen LogP contribution in [0.2, 0.25) is 0 Å². The summed E-state index contributed by atoms with van der Waals surface area (Å²) in [5, 5.41) is 0. The Hall–Kier alpha value is -1.43. The van der Waals surface area contributed by atoms with E-state index in [9.17, 15) is 65.9 Å². The Bertz CT molecular complexity index is 853. The lowest BCUT2D eigenvalue weighted by Crippen LogP contribution is -2.73. The molecule has 0 amide bonds. The minimum absolute atomic E-state index is 0.511. The monoisotopic (exact) mass is 598 g/mol. The SMILES string of the molecule is COCO[C@@H](c1ccccc1Br)C(F)(F)C(F)(F)C(F)(F)C(F)(F)C(F)(F)C(F)(F)C(F)(F)F. The normalized spacial score (nSPS) is 16.0. The van der Waals surface area contributed by atoms with Gasteiger partial charge in [0.05, 0.1) is 0 Å². The predicted molar refractivity (Wildman–Crippen MR) is 85.6 cm³/mol. The van der Waals surface area contributed by atoms with Crippen molar-refractivity contribution in [3.8, 4) is 0 Å². The van der Waals surface area contributed by atoms with Crippen LogP contribution < -0.4 is 0 Å². The van der Waals surface area contributed by atoms with Gasteiger partial charge in [0, 0.05) is 17.1 Å². The van der Waals surface area contributed by atoms with E-state index in [-0.39, 0.29) is 0 Å². The van der Waals surface area contributed by atoms with Crippen LogP contribution in [-0.4, -0.2) is 55.6 Å². The second kappa shape index (κ2) is 9.22. The van der Waals surface area contributed by atoms with E-state index in [4.69, 9.17) is 0 Å². The molecule has 1 rings (SSSR count). The van der Waals surface area contributed by atoms with Gasteiger partial charge in [-0.05, 0) is 6.07 Å². The fourth-order valence-corrected chi connectivity index (χ4v) is 2.85. The quantitative estimate of drug-likeness (QED) is 0.205. The first-order chi connectivity index (χ1) is 15.0. The van der Waals surface area contributed by atoms with Crippen LogP contribution >= 0.6 is 15.9 Å². The summed E-state index contributed by atoms with van der Waals surface area (Å²) in [7, 11) is 0.704. The molecule has 0 N–H and O–H groups in total. The molecule has 198 valence electrons. The van der Waals surface area contributed by atoms with Crippen molar-refractivity contribution >= 4 is 15.9 Å². The summed E-state index contributed by atoms with van der Waals surface area (Å²) in [5.74, 6) is -47.2. The third-order valence-electron chi connectivity index (χ3n) is 4.22. The Morgan fingerprint density at radius 3 is 1.50 bits per heavy atom. The molecule has 0 fully saturated rings. The molecule has 0 radical (unpaired) electrons. The molecule has 0 aliphatic carbocycles. The second-order valence-corrected chi connectivity index (χ2v) is 7.32. The fraction of sp³-hybridized carbons (Fsp3) is 0.625. The zero-order valence-electron chi connectivity index (χ0n) is 16.0. The number of alkyl halides is 15.